The van der Waals surface area contributed by atoms with Crippen LogP contribution in [0, 0.1) is 0 Å². The molecule has 0 spiro atoms. The number of alkyl halides is 1. The van der Waals surface area contributed by atoms with Crippen LogP contribution in [0.15, 0.2) is 48.8 Å². The van der Waals surface area contributed by atoms with E-state index >= 15 is 0 Å². The predicted molar refractivity (Wildman–Crippen MR) is 94.9 cm³/mol. The van der Waals surface area contributed by atoms with Gasteiger partial charge in [-0.1, -0.05) is 18.2 Å². The topological polar surface area (TPSA) is 114 Å². The SMILES string of the molecule is CC(Cc1ccc2ncnc(N)c2n1)(NC(=O)c1ccccc1)C(O)F. The lowest BCUT2D eigenvalue weighted by Crippen LogP contribution is -2.54. The fraction of sp³-hybridized carbons (Fsp3) is 0.222. The summed E-state index contributed by atoms with van der Waals surface area (Å²) in [6, 6.07) is 11.7. The molecule has 0 saturated carbocycles. The van der Waals surface area contributed by atoms with E-state index in [1.165, 1.54) is 13.3 Å². The number of nitrogens with two attached hydrogens (primary N) is 1. The maximum atomic E-state index is 14.0. The van der Waals surface area contributed by atoms with Crippen LogP contribution in [0.2, 0.25) is 0 Å². The van der Waals surface area contributed by atoms with Crippen LogP contribution in [0.1, 0.15) is 23.0 Å². The summed E-state index contributed by atoms with van der Waals surface area (Å²) >= 11 is 0. The Morgan fingerprint density at radius 3 is 2.69 bits per heavy atom. The summed E-state index contributed by atoms with van der Waals surface area (Å²) in [7, 11) is 0. The Hall–Kier alpha value is -3.13. The Labute approximate surface area is 149 Å². The second-order valence-corrected chi connectivity index (χ2v) is 6.18. The van der Waals surface area contributed by atoms with Crippen molar-refractivity contribution in [1.29, 1.82) is 0 Å². The molecule has 0 fully saturated rings. The highest BCUT2D eigenvalue weighted by Gasteiger charge is 2.36. The van der Waals surface area contributed by atoms with Crippen LogP contribution in [-0.2, 0) is 6.42 Å². The van der Waals surface area contributed by atoms with E-state index in [1.54, 1.807) is 42.5 Å². The molecule has 0 saturated heterocycles. The molecular weight excluding hydrogens is 337 g/mol. The Morgan fingerprint density at radius 2 is 2.00 bits per heavy atom. The number of carbonyl (C=O) groups excluding carboxylic acids is 1. The first kappa shape index (κ1) is 17.7. The minimum atomic E-state index is -2.29. The fourth-order valence-electron chi connectivity index (χ4n) is 2.58. The second-order valence-electron chi connectivity index (χ2n) is 6.18. The number of nitrogens with one attached hydrogen (secondary N) is 1. The standard InChI is InChI=1S/C18H18FN5O2/c1-18(17(19)26,24-16(25)11-5-3-2-4-6-11)9-12-7-8-13-14(23-12)15(20)22-10-21-13/h2-8,10,17,26H,9H2,1H3,(H,24,25)(H2,20,21,22). The van der Waals surface area contributed by atoms with E-state index in [2.05, 4.69) is 20.3 Å². The van der Waals surface area contributed by atoms with Crippen molar-refractivity contribution in [3.05, 3.63) is 60.0 Å². The monoisotopic (exact) mass is 355 g/mol. The van der Waals surface area contributed by atoms with Gasteiger partial charge in [0.05, 0.1) is 11.1 Å². The number of halogens is 1. The molecular formula is C18H18FN5O2. The lowest BCUT2D eigenvalue weighted by atomic mass is 9.94. The Bertz CT molecular complexity index is 935. The molecule has 1 amide bonds. The van der Waals surface area contributed by atoms with Gasteiger partial charge in [-0.3, -0.25) is 4.79 Å². The maximum Gasteiger partial charge on any atom is 0.251 e. The molecule has 0 aliphatic carbocycles. The quantitative estimate of drug-likeness (QED) is 0.641. The van der Waals surface area contributed by atoms with Crippen LogP contribution in [0.3, 0.4) is 0 Å². The summed E-state index contributed by atoms with van der Waals surface area (Å²) in [5.41, 5.74) is 5.97. The number of amides is 1. The average Bonchev–Trinajstić information content (AvgIpc) is 2.63. The fourth-order valence-corrected chi connectivity index (χ4v) is 2.58. The first-order chi connectivity index (χ1) is 12.4. The number of hydrogen-bond acceptors (Lipinski definition) is 6. The van der Waals surface area contributed by atoms with Crippen LogP contribution in [0.25, 0.3) is 11.0 Å². The molecule has 1 aromatic carbocycles. The number of nitrogen functional groups attached to an aromatic ring is 1. The zero-order valence-corrected chi connectivity index (χ0v) is 14.1. The normalized spacial score (nSPS) is 14.6. The second kappa shape index (κ2) is 7.01. The predicted octanol–water partition coefficient (Wildman–Crippen LogP) is 1.63. The lowest BCUT2D eigenvalue weighted by Gasteiger charge is -2.31. The Kier molecular flexibility index (Phi) is 4.77. The van der Waals surface area contributed by atoms with Crippen LogP contribution < -0.4 is 11.1 Å². The molecule has 0 aliphatic heterocycles. The summed E-state index contributed by atoms with van der Waals surface area (Å²) in [6.07, 6.45) is -1.01. The molecule has 0 bridgehead atoms. The number of rotatable bonds is 5. The molecule has 2 atom stereocenters. The third-order valence-electron chi connectivity index (χ3n) is 4.08. The Morgan fingerprint density at radius 1 is 1.27 bits per heavy atom. The van der Waals surface area contributed by atoms with Gasteiger partial charge in [0.1, 0.15) is 11.8 Å². The third-order valence-corrected chi connectivity index (χ3v) is 4.08. The molecule has 2 aromatic heterocycles. The van der Waals surface area contributed by atoms with E-state index in [1.807, 2.05) is 0 Å². The number of fused-ring (bicyclic) bond motifs is 1. The molecule has 7 nitrogen and oxygen atoms in total. The summed E-state index contributed by atoms with van der Waals surface area (Å²) in [5, 5.41) is 12.2. The van der Waals surface area contributed by atoms with E-state index in [0.29, 0.717) is 22.3 Å². The zero-order chi connectivity index (χ0) is 18.7. The number of aliphatic hydroxyl groups excluding tert-OH is 1. The molecule has 4 N–H and O–H groups in total. The summed E-state index contributed by atoms with van der Waals surface area (Å²) in [6.45, 7) is 1.41. The van der Waals surface area contributed by atoms with Gasteiger partial charge in [0, 0.05) is 17.7 Å². The number of benzene rings is 1. The largest absolute Gasteiger partial charge is 0.382 e. The van der Waals surface area contributed by atoms with Crippen molar-refractivity contribution in [1.82, 2.24) is 20.3 Å². The number of pyridine rings is 1. The van der Waals surface area contributed by atoms with Crippen molar-refractivity contribution < 1.29 is 14.3 Å². The first-order valence-electron chi connectivity index (χ1n) is 7.95. The van der Waals surface area contributed by atoms with Gasteiger partial charge in [0.2, 0.25) is 6.36 Å². The average molecular weight is 355 g/mol. The summed E-state index contributed by atoms with van der Waals surface area (Å²) in [5.74, 6) is -0.291. The van der Waals surface area contributed by atoms with Crippen LogP contribution in [-0.4, -0.2) is 37.9 Å². The third kappa shape index (κ3) is 3.60. The number of aromatic nitrogens is 3. The van der Waals surface area contributed by atoms with Gasteiger partial charge in [-0.05, 0) is 31.2 Å². The number of hydrogen-bond donors (Lipinski definition) is 3. The highest BCUT2D eigenvalue weighted by molar-refractivity contribution is 5.94. The molecule has 2 heterocycles. The highest BCUT2D eigenvalue weighted by Crippen LogP contribution is 2.21. The summed E-state index contributed by atoms with van der Waals surface area (Å²) < 4.78 is 14.0. The minimum Gasteiger partial charge on any atom is -0.382 e. The number of anilines is 1. The maximum absolute atomic E-state index is 14.0. The van der Waals surface area contributed by atoms with Gasteiger partial charge in [-0.15, -0.1) is 0 Å². The number of carbonyl (C=O) groups is 1. The van der Waals surface area contributed by atoms with Crippen molar-refractivity contribution in [2.45, 2.75) is 25.2 Å². The van der Waals surface area contributed by atoms with Gasteiger partial charge in [0.15, 0.2) is 5.82 Å². The van der Waals surface area contributed by atoms with E-state index in [9.17, 15) is 14.3 Å². The number of nitrogens with zero attached hydrogens (tertiary/aromatic N) is 3. The van der Waals surface area contributed by atoms with Crippen LogP contribution in [0.4, 0.5) is 10.2 Å². The van der Waals surface area contributed by atoms with Crippen molar-refractivity contribution in [2.75, 3.05) is 5.73 Å². The molecule has 2 unspecified atom stereocenters. The van der Waals surface area contributed by atoms with Crippen molar-refractivity contribution >= 4 is 22.8 Å². The first-order valence-corrected chi connectivity index (χ1v) is 7.95. The number of aliphatic hydroxyl groups is 1. The highest BCUT2D eigenvalue weighted by atomic mass is 19.1. The van der Waals surface area contributed by atoms with E-state index in [0.717, 1.165) is 0 Å². The molecule has 26 heavy (non-hydrogen) atoms. The molecule has 0 aliphatic rings. The van der Waals surface area contributed by atoms with Crippen molar-refractivity contribution in [3.8, 4) is 0 Å². The molecule has 134 valence electrons. The van der Waals surface area contributed by atoms with Gasteiger partial charge in [0.25, 0.3) is 5.91 Å². The zero-order valence-electron chi connectivity index (χ0n) is 14.1. The van der Waals surface area contributed by atoms with E-state index < -0.39 is 17.8 Å². The van der Waals surface area contributed by atoms with Crippen molar-refractivity contribution in [3.63, 3.8) is 0 Å². The molecule has 3 aromatic rings. The van der Waals surface area contributed by atoms with Crippen LogP contribution >= 0.6 is 0 Å². The Balaban J connectivity index is 1.88. The van der Waals surface area contributed by atoms with Crippen molar-refractivity contribution in [2.24, 2.45) is 0 Å². The van der Waals surface area contributed by atoms with Gasteiger partial charge in [-0.2, -0.15) is 0 Å². The van der Waals surface area contributed by atoms with Gasteiger partial charge < -0.3 is 16.2 Å². The summed E-state index contributed by atoms with van der Waals surface area (Å²) in [4.78, 5) is 24.7. The lowest BCUT2D eigenvalue weighted by molar-refractivity contribution is -0.0344. The van der Waals surface area contributed by atoms with Gasteiger partial charge >= 0.3 is 0 Å². The van der Waals surface area contributed by atoms with E-state index in [4.69, 9.17) is 5.73 Å². The van der Waals surface area contributed by atoms with Gasteiger partial charge in [-0.25, -0.2) is 19.3 Å². The molecule has 3 rings (SSSR count). The van der Waals surface area contributed by atoms with E-state index in [-0.39, 0.29) is 12.2 Å². The minimum absolute atomic E-state index is 0.0481. The molecule has 0 radical (unpaired) electrons. The molecule has 8 heteroatoms. The van der Waals surface area contributed by atoms with Crippen LogP contribution in [0.5, 0.6) is 0 Å². The smallest absolute Gasteiger partial charge is 0.251 e.